The van der Waals surface area contributed by atoms with E-state index in [-0.39, 0.29) is 5.78 Å². The second kappa shape index (κ2) is 5.61. The summed E-state index contributed by atoms with van der Waals surface area (Å²) in [5.74, 6) is 0.648. The maximum absolute atomic E-state index is 12.1. The summed E-state index contributed by atoms with van der Waals surface area (Å²) in [4.78, 5) is 16.6. The van der Waals surface area contributed by atoms with Crippen LogP contribution in [0.25, 0.3) is 10.9 Å². The molecule has 1 heterocycles. The number of carbonyl (C=O) groups is 1. The largest absolute Gasteiger partial charge is 0.292 e. The standard InChI is InChI=1S/C15H16BrNO/c1-10(2)7-8-14(18)15-12(16)9-11-5-3-4-6-13(11)17-15/h3-6,9-10H,7-8H2,1-2H3. The van der Waals surface area contributed by atoms with Crippen molar-refractivity contribution in [2.75, 3.05) is 0 Å². The lowest BCUT2D eigenvalue weighted by Crippen LogP contribution is -2.05. The van der Waals surface area contributed by atoms with Gasteiger partial charge >= 0.3 is 0 Å². The van der Waals surface area contributed by atoms with E-state index in [1.165, 1.54) is 0 Å². The third kappa shape index (κ3) is 2.96. The fraction of sp³-hybridized carbons (Fsp3) is 0.333. The maximum Gasteiger partial charge on any atom is 0.182 e. The van der Waals surface area contributed by atoms with E-state index in [1.54, 1.807) is 0 Å². The number of fused-ring (bicyclic) bond motifs is 1. The topological polar surface area (TPSA) is 30.0 Å². The normalized spacial score (nSPS) is 11.1. The number of aromatic nitrogens is 1. The Morgan fingerprint density at radius 3 is 2.78 bits per heavy atom. The molecule has 2 aromatic rings. The van der Waals surface area contributed by atoms with Gasteiger partial charge in [0.15, 0.2) is 5.78 Å². The molecule has 0 spiro atoms. The van der Waals surface area contributed by atoms with Crippen LogP contribution in [0.5, 0.6) is 0 Å². The molecule has 2 rings (SSSR count). The van der Waals surface area contributed by atoms with Gasteiger partial charge in [-0.15, -0.1) is 0 Å². The van der Waals surface area contributed by atoms with Crippen molar-refractivity contribution < 1.29 is 4.79 Å². The van der Waals surface area contributed by atoms with Crippen molar-refractivity contribution in [3.63, 3.8) is 0 Å². The van der Waals surface area contributed by atoms with Crippen LogP contribution in [0.15, 0.2) is 34.8 Å². The van der Waals surface area contributed by atoms with Crippen molar-refractivity contribution in [2.45, 2.75) is 26.7 Å². The van der Waals surface area contributed by atoms with Crippen LogP contribution in [0.3, 0.4) is 0 Å². The summed E-state index contributed by atoms with van der Waals surface area (Å²) in [5.41, 5.74) is 1.42. The van der Waals surface area contributed by atoms with E-state index in [4.69, 9.17) is 0 Å². The van der Waals surface area contributed by atoms with Crippen molar-refractivity contribution in [3.05, 3.63) is 40.5 Å². The molecule has 0 radical (unpaired) electrons. The van der Waals surface area contributed by atoms with Gasteiger partial charge in [0.25, 0.3) is 0 Å². The number of carbonyl (C=O) groups excluding carboxylic acids is 1. The molecule has 0 aliphatic carbocycles. The number of pyridine rings is 1. The van der Waals surface area contributed by atoms with Crippen LogP contribution in [-0.4, -0.2) is 10.8 Å². The lowest BCUT2D eigenvalue weighted by molar-refractivity contribution is 0.0970. The van der Waals surface area contributed by atoms with Crippen LogP contribution >= 0.6 is 15.9 Å². The molecule has 0 N–H and O–H groups in total. The summed E-state index contributed by atoms with van der Waals surface area (Å²) in [6.07, 6.45) is 1.46. The number of Topliss-reactive ketones (excluding diaryl/α,β-unsaturated/α-hetero) is 1. The Bertz CT molecular complexity index is 578. The number of ketones is 1. The first-order valence-electron chi connectivity index (χ1n) is 6.16. The Hall–Kier alpha value is -1.22. The molecule has 0 aliphatic rings. The van der Waals surface area contributed by atoms with Gasteiger partial charge in [-0.1, -0.05) is 32.0 Å². The minimum atomic E-state index is 0.112. The molecule has 0 saturated carbocycles. The van der Waals surface area contributed by atoms with Gasteiger partial charge in [0.2, 0.25) is 0 Å². The molecular formula is C15H16BrNO. The Morgan fingerprint density at radius 2 is 2.06 bits per heavy atom. The number of rotatable bonds is 4. The summed E-state index contributed by atoms with van der Waals surface area (Å²) in [7, 11) is 0. The van der Waals surface area contributed by atoms with Crippen molar-refractivity contribution in [1.82, 2.24) is 4.98 Å². The Kier molecular flexibility index (Phi) is 4.12. The van der Waals surface area contributed by atoms with Crippen molar-refractivity contribution in [3.8, 4) is 0 Å². The highest BCUT2D eigenvalue weighted by atomic mass is 79.9. The van der Waals surface area contributed by atoms with Crippen LogP contribution in [-0.2, 0) is 0 Å². The molecule has 1 aromatic heterocycles. The predicted octanol–water partition coefficient (Wildman–Crippen LogP) is 4.62. The van der Waals surface area contributed by atoms with Gasteiger partial charge in [0.1, 0.15) is 5.69 Å². The number of nitrogens with zero attached hydrogens (tertiary/aromatic N) is 1. The first-order chi connectivity index (χ1) is 8.58. The fourth-order valence-electron chi connectivity index (χ4n) is 1.82. The zero-order chi connectivity index (χ0) is 13.1. The number of para-hydroxylation sites is 1. The molecule has 2 nitrogen and oxygen atoms in total. The summed E-state index contributed by atoms with van der Waals surface area (Å²) >= 11 is 3.44. The van der Waals surface area contributed by atoms with E-state index < -0.39 is 0 Å². The minimum absolute atomic E-state index is 0.112. The zero-order valence-electron chi connectivity index (χ0n) is 10.6. The highest BCUT2D eigenvalue weighted by Crippen LogP contribution is 2.23. The molecule has 0 aliphatic heterocycles. The van der Waals surface area contributed by atoms with Crippen LogP contribution in [0, 0.1) is 5.92 Å². The smallest absolute Gasteiger partial charge is 0.182 e. The zero-order valence-corrected chi connectivity index (χ0v) is 12.2. The second-order valence-corrected chi connectivity index (χ2v) is 5.72. The second-order valence-electron chi connectivity index (χ2n) is 4.87. The Balaban J connectivity index is 2.32. The van der Waals surface area contributed by atoms with Crippen LogP contribution in [0.4, 0.5) is 0 Å². The molecular weight excluding hydrogens is 290 g/mol. The average molecular weight is 306 g/mol. The first-order valence-corrected chi connectivity index (χ1v) is 6.95. The number of benzene rings is 1. The molecule has 18 heavy (non-hydrogen) atoms. The van der Waals surface area contributed by atoms with E-state index in [0.29, 0.717) is 18.0 Å². The van der Waals surface area contributed by atoms with Gasteiger partial charge < -0.3 is 0 Å². The molecule has 3 heteroatoms. The summed E-state index contributed by atoms with van der Waals surface area (Å²) < 4.78 is 0.787. The molecule has 1 aromatic carbocycles. The first kappa shape index (κ1) is 13.2. The van der Waals surface area contributed by atoms with Crippen LogP contribution < -0.4 is 0 Å². The molecule has 0 saturated heterocycles. The van der Waals surface area contributed by atoms with E-state index in [2.05, 4.69) is 34.8 Å². The number of hydrogen-bond acceptors (Lipinski definition) is 2. The molecule has 0 fully saturated rings. The highest BCUT2D eigenvalue weighted by Gasteiger charge is 2.13. The predicted molar refractivity (Wildman–Crippen MR) is 77.8 cm³/mol. The number of halogens is 1. The molecule has 0 bridgehead atoms. The third-order valence-corrected chi connectivity index (χ3v) is 3.49. The third-order valence-electron chi connectivity index (χ3n) is 2.89. The quantitative estimate of drug-likeness (QED) is 0.772. The molecule has 0 unspecified atom stereocenters. The monoisotopic (exact) mass is 305 g/mol. The molecule has 94 valence electrons. The Labute approximate surface area is 116 Å². The SMILES string of the molecule is CC(C)CCC(=O)c1nc2ccccc2cc1Br. The van der Waals surface area contributed by atoms with E-state index in [1.807, 2.05) is 30.3 Å². The molecule has 0 atom stereocenters. The minimum Gasteiger partial charge on any atom is -0.292 e. The number of hydrogen-bond donors (Lipinski definition) is 0. The van der Waals surface area contributed by atoms with E-state index in [0.717, 1.165) is 21.8 Å². The lowest BCUT2D eigenvalue weighted by Gasteiger charge is -2.07. The van der Waals surface area contributed by atoms with Gasteiger partial charge in [-0.25, -0.2) is 4.98 Å². The highest BCUT2D eigenvalue weighted by molar-refractivity contribution is 9.10. The van der Waals surface area contributed by atoms with Crippen LogP contribution in [0.1, 0.15) is 37.2 Å². The lowest BCUT2D eigenvalue weighted by atomic mass is 10.0. The molecule has 0 amide bonds. The van der Waals surface area contributed by atoms with Gasteiger partial charge in [0.05, 0.1) is 5.52 Å². The van der Waals surface area contributed by atoms with Crippen molar-refractivity contribution >= 4 is 32.6 Å². The summed E-state index contributed by atoms with van der Waals surface area (Å²) in [6, 6.07) is 9.80. The Morgan fingerprint density at radius 1 is 1.33 bits per heavy atom. The van der Waals surface area contributed by atoms with E-state index in [9.17, 15) is 4.79 Å². The van der Waals surface area contributed by atoms with Crippen LogP contribution in [0.2, 0.25) is 0 Å². The van der Waals surface area contributed by atoms with Crippen molar-refractivity contribution in [2.24, 2.45) is 5.92 Å². The maximum atomic E-state index is 12.1. The van der Waals surface area contributed by atoms with Gasteiger partial charge in [-0.2, -0.15) is 0 Å². The van der Waals surface area contributed by atoms with E-state index >= 15 is 0 Å². The summed E-state index contributed by atoms with van der Waals surface area (Å²) in [6.45, 7) is 4.24. The van der Waals surface area contributed by atoms with Crippen molar-refractivity contribution in [1.29, 1.82) is 0 Å². The fourth-order valence-corrected chi connectivity index (χ4v) is 2.38. The van der Waals surface area contributed by atoms with Gasteiger partial charge in [0, 0.05) is 16.3 Å². The summed E-state index contributed by atoms with van der Waals surface area (Å²) in [5, 5.41) is 1.05. The average Bonchev–Trinajstić information content (AvgIpc) is 2.35. The van der Waals surface area contributed by atoms with Gasteiger partial charge in [-0.3, -0.25) is 4.79 Å². The van der Waals surface area contributed by atoms with Gasteiger partial charge in [-0.05, 0) is 40.4 Å².